The van der Waals surface area contributed by atoms with E-state index in [9.17, 15) is 0 Å². The molecule has 2 N–H and O–H groups in total. The number of piperazine rings is 1. The zero-order valence-electron chi connectivity index (χ0n) is 16.2. The van der Waals surface area contributed by atoms with Crippen molar-refractivity contribution in [1.82, 2.24) is 19.9 Å². The zero-order valence-corrected chi connectivity index (χ0v) is 17.7. The number of likely N-dealkylation sites (N-methyl/N-ethyl adjacent to an activating group) is 1. The fourth-order valence-corrected chi connectivity index (χ4v) is 3.38. The number of hydrogen-bond acceptors (Lipinski definition) is 7. The van der Waals surface area contributed by atoms with Crippen LogP contribution in [0.2, 0.25) is 10.0 Å². The molecule has 2 heterocycles. The first-order chi connectivity index (χ1) is 13.5. The maximum Gasteiger partial charge on any atom is 0.230 e. The normalized spacial score (nSPS) is 16.2. The Labute approximate surface area is 175 Å². The fourth-order valence-electron chi connectivity index (χ4n) is 3.05. The molecule has 1 fully saturated rings. The summed E-state index contributed by atoms with van der Waals surface area (Å²) in [6.45, 7) is 5.73. The summed E-state index contributed by atoms with van der Waals surface area (Å²) in [7, 11) is 2.11. The third kappa shape index (κ3) is 5.16. The molecule has 0 bridgehead atoms. The van der Waals surface area contributed by atoms with Crippen molar-refractivity contribution in [2.24, 2.45) is 0 Å². The van der Waals surface area contributed by atoms with Crippen molar-refractivity contribution in [3.8, 4) is 5.75 Å². The molecule has 0 aliphatic carbocycles. The highest BCUT2D eigenvalue weighted by atomic mass is 35.5. The van der Waals surface area contributed by atoms with E-state index < -0.39 is 0 Å². The zero-order chi connectivity index (χ0) is 20.1. The van der Waals surface area contributed by atoms with Crippen molar-refractivity contribution < 1.29 is 4.74 Å². The summed E-state index contributed by atoms with van der Waals surface area (Å²) in [5.74, 6) is 1.82. The van der Waals surface area contributed by atoms with Gasteiger partial charge in [-0.3, -0.25) is 0 Å². The van der Waals surface area contributed by atoms with Crippen LogP contribution in [0.15, 0.2) is 18.2 Å². The van der Waals surface area contributed by atoms with E-state index in [0.717, 1.165) is 45.4 Å². The number of nitrogens with two attached hydrogens (primary N) is 1. The first kappa shape index (κ1) is 20.9. The molecule has 0 radical (unpaired) electrons. The summed E-state index contributed by atoms with van der Waals surface area (Å²) in [6, 6.07) is 5.32. The van der Waals surface area contributed by atoms with Gasteiger partial charge in [-0.1, -0.05) is 42.6 Å². The third-order valence-corrected chi connectivity index (χ3v) is 5.54. The summed E-state index contributed by atoms with van der Waals surface area (Å²) in [5.41, 5.74) is 6.01. The lowest BCUT2D eigenvalue weighted by molar-refractivity contribution is 0.181. The van der Waals surface area contributed by atoms with Gasteiger partial charge in [0, 0.05) is 26.2 Å². The van der Waals surface area contributed by atoms with Gasteiger partial charge in [0.2, 0.25) is 11.9 Å². The predicted octanol–water partition coefficient (Wildman–Crippen LogP) is 3.82. The summed E-state index contributed by atoms with van der Waals surface area (Å²) in [4.78, 5) is 17.8. The molecular weight excluding hydrogens is 399 g/mol. The number of halogens is 2. The van der Waals surface area contributed by atoms with Crippen molar-refractivity contribution in [3.63, 3.8) is 0 Å². The van der Waals surface area contributed by atoms with Crippen LogP contribution in [0, 0.1) is 0 Å². The summed E-state index contributed by atoms with van der Waals surface area (Å²) in [5, 5.41) is 0.827. The standard InChI is InChI=1S/C19H26Cl2N6O/c1-3-4-7-15(28-14-8-5-6-13(20)16(14)21)17-23-18(22)25-19(24-17)27-11-9-26(2)10-12-27/h5-6,8,15H,3-4,7,9-12H2,1-2H3,(H2,22,23,24,25). The van der Waals surface area contributed by atoms with Crippen LogP contribution < -0.4 is 15.4 Å². The molecule has 1 unspecified atom stereocenters. The van der Waals surface area contributed by atoms with Gasteiger partial charge >= 0.3 is 0 Å². The molecular formula is C19H26Cl2N6O. The smallest absolute Gasteiger partial charge is 0.230 e. The molecule has 1 aliphatic rings. The van der Waals surface area contributed by atoms with Crippen molar-refractivity contribution in [3.05, 3.63) is 34.1 Å². The maximum atomic E-state index is 6.31. The number of nitrogen functional groups attached to an aromatic ring is 1. The maximum absolute atomic E-state index is 6.31. The minimum Gasteiger partial charge on any atom is -0.481 e. The summed E-state index contributed by atoms with van der Waals surface area (Å²) < 4.78 is 6.18. The van der Waals surface area contributed by atoms with E-state index in [-0.39, 0.29) is 12.1 Å². The number of anilines is 2. The second-order valence-corrected chi connectivity index (χ2v) is 7.73. The van der Waals surface area contributed by atoms with Gasteiger partial charge in [0.25, 0.3) is 0 Å². The number of nitrogens with zero attached hydrogens (tertiary/aromatic N) is 5. The van der Waals surface area contributed by atoms with Crippen LogP contribution in [0.4, 0.5) is 11.9 Å². The molecule has 0 amide bonds. The lowest BCUT2D eigenvalue weighted by atomic mass is 10.1. The van der Waals surface area contributed by atoms with E-state index in [4.69, 9.17) is 33.7 Å². The van der Waals surface area contributed by atoms with E-state index in [2.05, 4.69) is 38.7 Å². The van der Waals surface area contributed by atoms with Crippen LogP contribution >= 0.6 is 23.2 Å². The Morgan fingerprint density at radius 1 is 1.14 bits per heavy atom. The molecule has 1 aliphatic heterocycles. The average molecular weight is 425 g/mol. The summed E-state index contributed by atoms with van der Waals surface area (Å²) in [6.07, 6.45) is 2.34. The first-order valence-corrected chi connectivity index (χ1v) is 10.3. The molecule has 2 aromatic rings. The Balaban J connectivity index is 1.88. The molecule has 3 rings (SSSR count). The molecule has 1 atom stereocenters. The van der Waals surface area contributed by atoms with Gasteiger partial charge in [-0.15, -0.1) is 0 Å². The Kier molecular flexibility index (Phi) is 7.15. The van der Waals surface area contributed by atoms with E-state index in [1.807, 2.05) is 0 Å². The monoisotopic (exact) mass is 424 g/mol. The highest BCUT2D eigenvalue weighted by Crippen LogP contribution is 2.35. The second-order valence-electron chi connectivity index (χ2n) is 6.94. The lowest BCUT2D eigenvalue weighted by Gasteiger charge is -2.32. The molecule has 28 heavy (non-hydrogen) atoms. The number of rotatable bonds is 7. The molecule has 152 valence electrons. The van der Waals surface area contributed by atoms with Crippen LogP contribution in [0.3, 0.4) is 0 Å². The fraction of sp³-hybridized carbons (Fsp3) is 0.526. The summed E-state index contributed by atoms with van der Waals surface area (Å²) >= 11 is 12.4. The van der Waals surface area contributed by atoms with Gasteiger partial charge in [-0.25, -0.2) is 0 Å². The number of unbranched alkanes of at least 4 members (excludes halogenated alkanes) is 1. The van der Waals surface area contributed by atoms with Gasteiger partial charge in [0.1, 0.15) is 10.8 Å². The topological polar surface area (TPSA) is 80.4 Å². The van der Waals surface area contributed by atoms with Crippen molar-refractivity contribution in [1.29, 1.82) is 0 Å². The van der Waals surface area contributed by atoms with E-state index >= 15 is 0 Å². The van der Waals surface area contributed by atoms with E-state index in [0.29, 0.717) is 27.6 Å². The average Bonchev–Trinajstić information content (AvgIpc) is 2.68. The second kappa shape index (κ2) is 9.58. The minimum atomic E-state index is -0.382. The van der Waals surface area contributed by atoms with Gasteiger partial charge in [-0.05, 0) is 32.0 Å². The molecule has 9 heteroatoms. The lowest BCUT2D eigenvalue weighted by Crippen LogP contribution is -2.45. The van der Waals surface area contributed by atoms with E-state index in [1.54, 1.807) is 18.2 Å². The third-order valence-electron chi connectivity index (χ3n) is 4.74. The highest BCUT2D eigenvalue weighted by molar-refractivity contribution is 6.42. The van der Waals surface area contributed by atoms with Crippen LogP contribution in [-0.4, -0.2) is 53.1 Å². The minimum absolute atomic E-state index is 0.196. The quantitative estimate of drug-likeness (QED) is 0.722. The predicted molar refractivity (Wildman–Crippen MR) is 113 cm³/mol. The molecule has 1 aromatic heterocycles. The molecule has 1 aromatic carbocycles. The van der Waals surface area contributed by atoms with Crippen molar-refractivity contribution in [2.45, 2.75) is 32.3 Å². The Hall–Kier alpha value is -1.83. The Bertz CT molecular complexity index is 798. The van der Waals surface area contributed by atoms with Crippen LogP contribution in [0.1, 0.15) is 38.1 Å². The number of hydrogen-bond donors (Lipinski definition) is 1. The number of ether oxygens (including phenoxy) is 1. The Morgan fingerprint density at radius 2 is 1.89 bits per heavy atom. The van der Waals surface area contributed by atoms with Crippen LogP contribution in [0.25, 0.3) is 0 Å². The van der Waals surface area contributed by atoms with Gasteiger partial charge < -0.3 is 20.3 Å². The van der Waals surface area contributed by atoms with Crippen molar-refractivity contribution >= 4 is 35.1 Å². The molecule has 7 nitrogen and oxygen atoms in total. The molecule has 0 spiro atoms. The van der Waals surface area contributed by atoms with Crippen LogP contribution in [0.5, 0.6) is 5.75 Å². The Morgan fingerprint density at radius 3 is 2.61 bits per heavy atom. The van der Waals surface area contributed by atoms with Gasteiger partial charge in [0.05, 0.1) is 5.02 Å². The highest BCUT2D eigenvalue weighted by Gasteiger charge is 2.23. The largest absolute Gasteiger partial charge is 0.481 e. The van der Waals surface area contributed by atoms with Crippen LogP contribution in [-0.2, 0) is 0 Å². The first-order valence-electron chi connectivity index (χ1n) is 9.53. The number of benzene rings is 1. The molecule has 1 saturated heterocycles. The van der Waals surface area contributed by atoms with Gasteiger partial charge in [-0.2, -0.15) is 15.0 Å². The SMILES string of the molecule is CCCCC(Oc1cccc(Cl)c1Cl)c1nc(N)nc(N2CCN(C)CC2)n1. The molecule has 0 saturated carbocycles. The van der Waals surface area contributed by atoms with Gasteiger partial charge in [0.15, 0.2) is 11.9 Å². The number of aromatic nitrogens is 3. The van der Waals surface area contributed by atoms with Crippen molar-refractivity contribution in [2.75, 3.05) is 43.9 Å². The van der Waals surface area contributed by atoms with E-state index in [1.165, 1.54) is 0 Å².